The molecule has 5 nitrogen and oxygen atoms in total. The summed E-state index contributed by atoms with van der Waals surface area (Å²) in [4.78, 5) is 0. The normalized spacial score (nSPS) is 11.9. The summed E-state index contributed by atoms with van der Waals surface area (Å²) in [6, 6.07) is 11.3. The van der Waals surface area contributed by atoms with Crippen molar-refractivity contribution in [3.8, 4) is 11.5 Å². The maximum atomic E-state index is 12.5. The summed E-state index contributed by atoms with van der Waals surface area (Å²) in [5.41, 5.74) is 3.77. The van der Waals surface area contributed by atoms with Crippen LogP contribution >= 0.6 is 0 Å². The van der Waals surface area contributed by atoms with E-state index in [2.05, 4.69) is 0 Å². The number of aryl methyl sites for hydroxylation is 2. The first kappa shape index (κ1) is 20.0. The highest BCUT2D eigenvalue weighted by atomic mass is 32.2. The molecule has 140 valence electrons. The molecule has 0 fully saturated rings. The minimum absolute atomic E-state index is 0.243. The average Bonchev–Trinajstić information content (AvgIpc) is 2.62. The quantitative estimate of drug-likeness (QED) is 0.739. The number of ether oxygens (including phenoxy) is 2. The molecule has 6 heteroatoms. The van der Waals surface area contributed by atoms with Crippen LogP contribution in [0.2, 0.25) is 0 Å². The van der Waals surface area contributed by atoms with Gasteiger partial charge in [-0.2, -0.15) is 4.31 Å². The van der Waals surface area contributed by atoms with E-state index in [1.807, 2.05) is 50.2 Å². The second-order valence-electron chi connectivity index (χ2n) is 6.15. The Labute approximate surface area is 155 Å². The monoisotopic (exact) mass is 375 g/mol. The van der Waals surface area contributed by atoms with Crippen LogP contribution in [0.3, 0.4) is 0 Å². The lowest BCUT2D eigenvalue weighted by Gasteiger charge is -2.18. The highest BCUT2D eigenvalue weighted by Crippen LogP contribution is 2.31. The molecule has 2 rings (SSSR count). The zero-order valence-corrected chi connectivity index (χ0v) is 16.6. The predicted octanol–water partition coefficient (Wildman–Crippen LogP) is 3.75. The number of nitrogens with zero attached hydrogens (tertiary/aromatic N) is 1. The SMILES string of the molecule is COc1cc(C)c(CN(C)S(=O)(=O)/C=C/c2ccc(C)cc2)cc1OC. The van der Waals surface area contributed by atoms with E-state index in [4.69, 9.17) is 9.47 Å². The van der Waals surface area contributed by atoms with Gasteiger partial charge in [-0.1, -0.05) is 29.8 Å². The lowest BCUT2D eigenvalue weighted by atomic mass is 10.1. The molecule has 2 aromatic carbocycles. The van der Waals surface area contributed by atoms with Crippen molar-refractivity contribution in [3.05, 3.63) is 64.1 Å². The van der Waals surface area contributed by atoms with Gasteiger partial charge in [-0.15, -0.1) is 0 Å². The van der Waals surface area contributed by atoms with Gasteiger partial charge < -0.3 is 9.47 Å². The third-order valence-corrected chi connectivity index (χ3v) is 5.66. The van der Waals surface area contributed by atoms with Gasteiger partial charge in [0, 0.05) is 19.0 Å². The minimum Gasteiger partial charge on any atom is -0.493 e. The predicted molar refractivity (Wildman–Crippen MR) is 105 cm³/mol. The summed E-state index contributed by atoms with van der Waals surface area (Å²) in [6.45, 7) is 4.15. The van der Waals surface area contributed by atoms with Gasteiger partial charge in [-0.05, 0) is 48.7 Å². The van der Waals surface area contributed by atoms with Crippen molar-refractivity contribution in [3.63, 3.8) is 0 Å². The molecule has 0 amide bonds. The Bertz CT molecular complexity index is 887. The zero-order chi connectivity index (χ0) is 19.3. The molecule has 0 saturated carbocycles. The number of methoxy groups -OCH3 is 2. The van der Waals surface area contributed by atoms with Crippen molar-refractivity contribution in [2.75, 3.05) is 21.3 Å². The van der Waals surface area contributed by atoms with Crippen LogP contribution in [0.4, 0.5) is 0 Å². The Morgan fingerprint density at radius 3 is 2.15 bits per heavy atom. The Kier molecular flexibility index (Phi) is 6.45. The Morgan fingerprint density at radius 1 is 1.00 bits per heavy atom. The van der Waals surface area contributed by atoms with Gasteiger partial charge in [-0.3, -0.25) is 0 Å². The zero-order valence-electron chi connectivity index (χ0n) is 15.8. The van der Waals surface area contributed by atoms with Crippen LogP contribution in [0, 0.1) is 13.8 Å². The first-order valence-electron chi connectivity index (χ1n) is 8.19. The van der Waals surface area contributed by atoms with Gasteiger partial charge in [0.2, 0.25) is 10.0 Å². The molecule has 0 heterocycles. The van der Waals surface area contributed by atoms with E-state index >= 15 is 0 Å². The summed E-state index contributed by atoms with van der Waals surface area (Å²) >= 11 is 0. The molecule has 0 saturated heterocycles. The molecule has 2 aromatic rings. The van der Waals surface area contributed by atoms with Crippen molar-refractivity contribution < 1.29 is 17.9 Å². The summed E-state index contributed by atoms with van der Waals surface area (Å²) in [7, 11) is 1.15. The van der Waals surface area contributed by atoms with Crippen molar-refractivity contribution in [1.82, 2.24) is 4.31 Å². The second-order valence-corrected chi connectivity index (χ2v) is 8.07. The molecule has 0 aliphatic heterocycles. The highest BCUT2D eigenvalue weighted by molar-refractivity contribution is 7.92. The molecular weight excluding hydrogens is 350 g/mol. The molecule has 0 spiro atoms. The molecule has 26 heavy (non-hydrogen) atoms. The van der Waals surface area contributed by atoms with Crippen molar-refractivity contribution in [2.24, 2.45) is 0 Å². The lowest BCUT2D eigenvalue weighted by Crippen LogP contribution is -2.24. The Morgan fingerprint density at radius 2 is 1.58 bits per heavy atom. The van der Waals surface area contributed by atoms with Crippen LogP contribution in [0.5, 0.6) is 11.5 Å². The number of rotatable bonds is 7. The number of sulfonamides is 1. The average molecular weight is 375 g/mol. The van der Waals surface area contributed by atoms with E-state index in [9.17, 15) is 8.42 Å². The van der Waals surface area contributed by atoms with Crippen LogP contribution in [-0.2, 0) is 16.6 Å². The Balaban J connectivity index is 2.20. The van der Waals surface area contributed by atoms with Gasteiger partial charge in [-0.25, -0.2) is 8.42 Å². The van der Waals surface area contributed by atoms with Crippen LogP contribution in [0.25, 0.3) is 6.08 Å². The molecule has 0 unspecified atom stereocenters. The molecule has 0 radical (unpaired) electrons. The fourth-order valence-electron chi connectivity index (χ4n) is 2.47. The Hall–Kier alpha value is -2.31. The van der Waals surface area contributed by atoms with Crippen LogP contribution in [-0.4, -0.2) is 34.0 Å². The molecule has 0 bridgehead atoms. The van der Waals surface area contributed by atoms with E-state index in [-0.39, 0.29) is 6.54 Å². The van der Waals surface area contributed by atoms with Crippen molar-refractivity contribution >= 4 is 16.1 Å². The van der Waals surface area contributed by atoms with E-state index in [0.29, 0.717) is 11.5 Å². The number of benzene rings is 2. The summed E-state index contributed by atoms with van der Waals surface area (Å²) in [6.07, 6.45) is 1.60. The minimum atomic E-state index is -3.54. The van der Waals surface area contributed by atoms with E-state index in [0.717, 1.165) is 22.3 Å². The topological polar surface area (TPSA) is 55.8 Å². The number of hydrogen-bond acceptors (Lipinski definition) is 4. The van der Waals surface area contributed by atoms with Gasteiger partial charge >= 0.3 is 0 Å². The van der Waals surface area contributed by atoms with Crippen LogP contribution < -0.4 is 9.47 Å². The molecule has 0 aromatic heterocycles. The van der Waals surface area contributed by atoms with E-state index in [1.54, 1.807) is 27.3 Å². The van der Waals surface area contributed by atoms with Gasteiger partial charge in [0.1, 0.15) is 0 Å². The third kappa shape index (κ3) is 4.86. The highest BCUT2D eigenvalue weighted by Gasteiger charge is 2.17. The van der Waals surface area contributed by atoms with Gasteiger partial charge in [0.15, 0.2) is 11.5 Å². The fourth-order valence-corrected chi connectivity index (χ4v) is 3.32. The van der Waals surface area contributed by atoms with Crippen LogP contribution in [0.15, 0.2) is 41.8 Å². The maximum Gasteiger partial charge on any atom is 0.236 e. The summed E-state index contributed by atoms with van der Waals surface area (Å²) in [5.74, 6) is 1.20. The summed E-state index contributed by atoms with van der Waals surface area (Å²) < 4.78 is 37.0. The molecular formula is C20H25NO4S. The van der Waals surface area contributed by atoms with E-state index < -0.39 is 10.0 Å². The molecule has 0 aliphatic rings. The number of hydrogen-bond donors (Lipinski definition) is 0. The van der Waals surface area contributed by atoms with Crippen LogP contribution in [0.1, 0.15) is 22.3 Å². The van der Waals surface area contributed by atoms with Crippen molar-refractivity contribution in [2.45, 2.75) is 20.4 Å². The first-order chi connectivity index (χ1) is 12.3. The molecule has 0 N–H and O–H groups in total. The van der Waals surface area contributed by atoms with Crippen molar-refractivity contribution in [1.29, 1.82) is 0 Å². The van der Waals surface area contributed by atoms with Gasteiger partial charge in [0.25, 0.3) is 0 Å². The first-order valence-corrected chi connectivity index (χ1v) is 9.69. The largest absolute Gasteiger partial charge is 0.493 e. The standard InChI is InChI=1S/C20H25NO4S/c1-15-6-8-17(9-7-15)10-11-26(22,23)21(3)14-18-13-20(25-5)19(24-4)12-16(18)2/h6-13H,14H2,1-5H3/b11-10+. The smallest absolute Gasteiger partial charge is 0.236 e. The second kappa shape index (κ2) is 8.38. The molecule has 0 atom stereocenters. The maximum absolute atomic E-state index is 12.5. The van der Waals surface area contributed by atoms with E-state index in [1.165, 1.54) is 9.71 Å². The lowest BCUT2D eigenvalue weighted by molar-refractivity contribution is 0.353. The fraction of sp³-hybridized carbons (Fsp3) is 0.300. The third-order valence-electron chi connectivity index (χ3n) is 4.18. The summed E-state index contributed by atoms with van der Waals surface area (Å²) in [5, 5.41) is 1.23. The van der Waals surface area contributed by atoms with Gasteiger partial charge in [0.05, 0.1) is 14.2 Å². The molecule has 0 aliphatic carbocycles.